The molecule has 0 bridgehead atoms. The van der Waals surface area contributed by atoms with Gasteiger partial charge in [0, 0.05) is 11.1 Å². The largest absolute Gasteiger partial charge is 0.0861 e. The second-order valence-electron chi connectivity index (χ2n) is 4.71. The van der Waals surface area contributed by atoms with Crippen LogP contribution in [-0.4, -0.2) is 0 Å². The molecule has 1 aromatic carbocycles. The first kappa shape index (κ1) is 12.3. The molecule has 0 fully saturated rings. The zero-order chi connectivity index (χ0) is 13.6. The Hall–Kier alpha value is -2.70. The molecule has 0 nitrogen and oxygen atoms in total. The van der Waals surface area contributed by atoms with E-state index in [1.165, 1.54) is 0 Å². The minimum absolute atomic E-state index is 0.260. The summed E-state index contributed by atoms with van der Waals surface area (Å²) in [4.78, 5) is 0. The smallest absolute Gasteiger partial charge is 0.0573 e. The Balaban J connectivity index is 1.68. The van der Waals surface area contributed by atoms with Crippen molar-refractivity contribution in [3.8, 4) is 23.7 Å². The fraction of sp³-hybridized carbons (Fsp3) is 0.100. The predicted octanol–water partition coefficient (Wildman–Crippen LogP) is 3.87. The van der Waals surface area contributed by atoms with Gasteiger partial charge in [0.1, 0.15) is 0 Å². The summed E-state index contributed by atoms with van der Waals surface area (Å²) in [5.74, 6) is 13.3. The van der Waals surface area contributed by atoms with Gasteiger partial charge in [-0.1, -0.05) is 72.3 Å². The van der Waals surface area contributed by atoms with Crippen LogP contribution >= 0.6 is 0 Å². The molecule has 0 amide bonds. The summed E-state index contributed by atoms with van der Waals surface area (Å²) in [6.45, 7) is 0. The highest BCUT2D eigenvalue weighted by molar-refractivity contribution is 5.44. The Morgan fingerprint density at radius 2 is 0.900 bits per heavy atom. The van der Waals surface area contributed by atoms with E-state index in [1.807, 2.05) is 48.6 Å². The van der Waals surface area contributed by atoms with Crippen molar-refractivity contribution in [3.05, 3.63) is 84.0 Å². The van der Waals surface area contributed by atoms with E-state index in [4.69, 9.17) is 0 Å². The summed E-state index contributed by atoms with van der Waals surface area (Å²) in [6.07, 6.45) is 16.5. The predicted molar refractivity (Wildman–Crippen MR) is 83.7 cm³/mol. The second-order valence-corrected chi connectivity index (χ2v) is 4.71. The molecule has 0 unspecified atom stereocenters. The second kappa shape index (κ2) is 5.96. The molecule has 0 atom stereocenters. The van der Waals surface area contributed by atoms with Gasteiger partial charge in [-0.25, -0.2) is 0 Å². The molecule has 0 saturated heterocycles. The Labute approximate surface area is 120 Å². The fourth-order valence-corrected chi connectivity index (χ4v) is 2.03. The van der Waals surface area contributed by atoms with Crippen LogP contribution in [-0.2, 0) is 0 Å². The van der Waals surface area contributed by atoms with Crippen molar-refractivity contribution in [2.24, 2.45) is 11.8 Å². The summed E-state index contributed by atoms with van der Waals surface area (Å²) >= 11 is 0. The minimum Gasteiger partial charge on any atom is -0.0861 e. The Morgan fingerprint density at radius 1 is 0.550 bits per heavy atom. The third kappa shape index (κ3) is 3.19. The molecule has 0 saturated carbocycles. The number of hydrogen-bond acceptors (Lipinski definition) is 0. The molecule has 0 heteroatoms. The zero-order valence-electron chi connectivity index (χ0n) is 11.1. The van der Waals surface area contributed by atoms with Gasteiger partial charge in [0.15, 0.2) is 0 Å². The standard InChI is InChI=1S/C20H14/c1-2-6-17(5-1)9-11-19-13-15-20(16-14-19)12-10-18-7-3-4-8-18/h1-8,13-18H. The molecular formula is C20H14. The van der Waals surface area contributed by atoms with Gasteiger partial charge in [-0.2, -0.15) is 0 Å². The van der Waals surface area contributed by atoms with Crippen LogP contribution in [0.15, 0.2) is 72.9 Å². The fourth-order valence-electron chi connectivity index (χ4n) is 2.03. The average molecular weight is 254 g/mol. The maximum Gasteiger partial charge on any atom is 0.0573 e. The Morgan fingerprint density at radius 3 is 1.25 bits per heavy atom. The first-order valence-electron chi connectivity index (χ1n) is 6.73. The Bertz CT molecular complexity index is 627. The zero-order valence-corrected chi connectivity index (χ0v) is 11.1. The van der Waals surface area contributed by atoms with Gasteiger partial charge in [-0.15, -0.1) is 0 Å². The lowest BCUT2D eigenvalue weighted by Gasteiger charge is -1.94. The van der Waals surface area contributed by atoms with E-state index in [0.717, 1.165) is 11.1 Å². The highest BCUT2D eigenvalue weighted by Crippen LogP contribution is 2.09. The van der Waals surface area contributed by atoms with Crippen LogP contribution in [0, 0.1) is 35.5 Å². The van der Waals surface area contributed by atoms with Gasteiger partial charge >= 0.3 is 0 Å². The molecule has 0 spiro atoms. The quantitative estimate of drug-likeness (QED) is 0.616. The summed E-state index contributed by atoms with van der Waals surface area (Å²) in [6, 6.07) is 8.11. The lowest BCUT2D eigenvalue weighted by molar-refractivity contribution is 1.15. The van der Waals surface area contributed by atoms with Gasteiger partial charge in [-0.3, -0.25) is 0 Å². The van der Waals surface area contributed by atoms with E-state index in [0.29, 0.717) is 0 Å². The number of rotatable bonds is 0. The van der Waals surface area contributed by atoms with Crippen molar-refractivity contribution in [2.45, 2.75) is 0 Å². The molecule has 0 radical (unpaired) electrons. The molecule has 0 aliphatic heterocycles. The summed E-state index contributed by atoms with van der Waals surface area (Å²) in [5, 5.41) is 0. The molecule has 0 aromatic heterocycles. The molecule has 2 aliphatic carbocycles. The van der Waals surface area contributed by atoms with E-state index in [1.54, 1.807) is 0 Å². The molecule has 3 rings (SSSR count). The van der Waals surface area contributed by atoms with Crippen molar-refractivity contribution >= 4 is 0 Å². The normalized spacial score (nSPS) is 16.0. The van der Waals surface area contributed by atoms with Gasteiger partial charge in [0.25, 0.3) is 0 Å². The van der Waals surface area contributed by atoms with Crippen LogP contribution in [0.1, 0.15) is 11.1 Å². The van der Waals surface area contributed by atoms with Crippen molar-refractivity contribution < 1.29 is 0 Å². The van der Waals surface area contributed by atoms with Gasteiger partial charge < -0.3 is 0 Å². The Kier molecular flexibility index (Phi) is 3.68. The third-order valence-corrected chi connectivity index (χ3v) is 3.15. The highest BCUT2D eigenvalue weighted by Gasteiger charge is 1.98. The molecule has 94 valence electrons. The van der Waals surface area contributed by atoms with E-state index < -0.39 is 0 Å². The van der Waals surface area contributed by atoms with Crippen molar-refractivity contribution in [3.63, 3.8) is 0 Å². The first-order chi connectivity index (χ1) is 9.90. The van der Waals surface area contributed by atoms with Crippen molar-refractivity contribution in [1.82, 2.24) is 0 Å². The number of allylic oxidation sites excluding steroid dienone is 8. The van der Waals surface area contributed by atoms with E-state index in [-0.39, 0.29) is 11.8 Å². The molecule has 0 N–H and O–H groups in total. The lowest BCUT2D eigenvalue weighted by Crippen LogP contribution is -1.84. The van der Waals surface area contributed by atoms with Crippen LogP contribution in [0.3, 0.4) is 0 Å². The van der Waals surface area contributed by atoms with Gasteiger partial charge in [0.05, 0.1) is 11.8 Å². The van der Waals surface area contributed by atoms with Crippen LogP contribution in [0.2, 0.25) is 0 Å². The summed E-state index contributed by atoms with van der Waals surface area (Å²) in [7, 11) is 0. The monoisotopic (exact) mass is 254 g/mol. The summed E-state index contributed by atoms with van der Waals surface area (Å²) in [5.41, 5.74) is 2.06. The highest BCUT2D eigenvalue weighted by atomic mass is 14.0. The van der Waals surface area contributed by atoms with Crippen LogP contribution < -0.4 is 0 Å². The maximum absolute atomic E-state index is 3.22. The molecule has 0 heterocycles. The van der Waals surface area contributed by atoms with Crippen molar-refractivity contribution in [2.75, 3.05) is 0 Å². The lowest BCUT2D eigenvalue weighted by atomic mass is 10.1. The van der Waals surface area contributed by atoms with E-state index in [2.05, 4.69) is 48.0 Å². The molecule has 20 heavy (non-hydrogen) atoms. The topological polar surface area (TPSA) is 0 Å². The average Bonchev–Trinajstić information content (AvgIpc) is 3.17. The first-order valence-corrected chi connectivity index (χ1v) is 6.73. The molecule has 2 aliphatic rings. The number of benzene rings is 1. The van der Waals surface area contributed by atoms with E-state index in [9.17, 15) is 0 Å². The van der Waals surface area contributed by atoms with Crippen LogP contribution in [0.4, 0.5) is 0 Å². The minimum atomic E-state index is 0.260. The van der Waals surface area contributed by atoms with Crippen molar-refractivity contribution in [1.29, 1.82) is 0 Å². The molecular weight excluding hydrogens is 240 g/mol. The summed E-state index contributed by atoms with van der Waals surface area (Å²) < 4.78 is 0. The molecule has 1 aromatic rings. The van der Waals surface area contributed by atoms with Gasteiger partial charge in [0.2, 0.25) is 0 Å². The van der Waals surface area contributed by atoms with Crippen LogP contribution in [0.5, 0.6) is 0 Å². The third-order valence-electron chi connectivity index (χ3n) is 3.15. The SMILES string of the molecule is C(#CC1C=CC=C1)c1ccc(C#CC2C=CC=C2)cc1. The maximum atomic E-state index is 3.22. The number of hydrogen-bond donors (Lipinski definition) is 0. The van der Waals surface area contributed by atoms with Gasteiger partial charge in [-0.05, 0) is 24.3 Å². The van der Waals surface area contributed by atoms with Crippen LogP contribution in [0.25, 0.3) is 0 Å². The van der Waals surface area contributed by atoms with E-state index >= 15 is 0 Å².